The fourth-order valence-electron chi connectivity index (χ4n) is 3.77. The fraction of sp³-hybridized carbons (Fsp3) is 0.190. The highest BCUT2D eigenvalue weighted by molar-refractivity contribution is 6.17. The van der Waals surface area contributed by atoms with E-state index < -0.39 is 0 Å². The lowest BCUT2D eigenvalue weighted by Gasteiger charge is -2.23. The summed E-state index contributed by atoms with van der Waals surface area (Å²) in [6.45, 7) is 1.52. The van der Waals surface area contributed by atoms with Crippen LogP contribution in [0.3, 0.4) is 0 Å². The van der Waals surface area contributed by atoms with Crippen molar-refractivity contribution >= 4 is 5.78 Å². The summed E-state index contributed by atoms with van der Waals surface area (Å²) in [5.41, 5.74) is 4.63. The lowest BCUT2D eigenvalue weighted by molar-refractivity contribution is -0.0899. The Hall–Kier alpha value is -2.76. The number of ether oxygens (including phenoxy) is 2. The minimum absolute atomic E-state index is 0.0251. The summed E-state index contributed by atoms with van der Waals surface area (Å²) in [7, 11) is 0. The van der Waals surface area contributed by atoms with Crippen molar-refractivity contribution < 1.29 is 18.7 Å². The molecule has 1 aromatic heterocycles. The summed E-state index contributed by atoms with van der Waals surface area (Å²) in [5.74, 6) is -0.332. The third-order valence-corrected chi connectivity index (χ3v) is 4.95. The molecule has 1 fully saturated rings. The maximum atomic E-state index is 13.4. The van der Waals surface area contributed by atoms with Crippen molar-refractivity contribution in [3.05, 3.63) is 77.4 Å². The van der Waals surface area contributed by atoms with Crippen LogP contribution in [0.5, 0.6) is 0 Å². The SMILES string of the molecule is O=C1c2ccccc2-n2cc(C3COCCO3)c(-c3ccc(F)cc3)c21. The van der Waals surface area contributed by atoms with Gasteiger partial charge in [0.05, 0.1) is 25.5 Å². The van der Waals surface area contributed by atoms with Gasteiger partial charge in [0.1, 0.15) is 17.6 Å². The molecule has 4 nitrogen and oxygen atoms in total. The van der Waals surface area contributed by atoms with Gasteiger partial charge in [0, 0.05) is 22.9 Å². The van der Waals surface area contributed by atoms with E-state index in [1.165, 1.54) is 12.1 Å². The smallest absolute Gasteiger partial charge is 0.212 e. The predicted molar refractivity (Wildman–Crippen MR) is 94.1 cm³/mol. The van der Waals surface area contributed by atoms with Crippen LogP contribution in [-0.2, 0) is 9.47 Å². The fourth-order valence-corrected chi connectivity index (χ4v) is 3.77. The zero-order valence-corrected chi connectivity index (χ0v) is 13.9. The molecule has 5 rings (SSSR count). The van der Waals surface area contributed by atoms with Crippen molar-refractivity contribution in [3.8, 4) is 16.8 Å². The molecule has 26 heavy (non-hydrogen) atoms. The van der Waals surface area contributed by atoms with Crippen LogP contribution in [0.15, 0.2) is 54.7 Å². The first-order valence-corrected chi connectivity index (χ1v) is 8.58. The first-order chi connectivity index (χ1) is 12.7. The van der Waals surface area contributed by atoms with Crippen molar-refractivity contribution in [2.24, 2.45) is 0 Å². The first kappa shape index (κ1) is 15.5. The Balaban J connectivity index is 1.75. The van der Waals surface area contributed by atoms with Crippen LogP contribution in [0.1, 0.15) is 27.7 Å². The summed E-state index contributed by atoms with van der Waals surface area (Å²) in [5, 5.41) is 0. The van der Waals surface area contributed by atoms with Crippen molar-refractivity contribution in [3.63, 3.8) is 0 Å². The van der Waals surface area contributed by atoms with E-state index in [1.54, 1.807) is 12.1 Å². The molecule has 0 amide bonds. The Morgan fingerprint density at radius 1 is 1.04 bits per heavy atom. The van der Waals surface area contributed by atoms with Crippen LogP contribution in [-0.4, -0.2) is 30.2 Å². The van der Waals surface area contributed by atoms with E-state index in [2.05, 4.69) is 0 Å². The van der Waals surface area contributed by atoms with Crippen LogP contribution in [0.2, 0.25) is 0 Å². The van der Waals surface area contributed by atoms with E-state index in [0.29, 0.717) is 31.1 Å². The van der Waals surface area contributed by atoms with E-state index in [9.17, 15) is 9.18 Å². The average Bonchev–Trinajstić information content (AvgIpc) is 3.20. The molecule has 0 radical (unpaired) electrons. The van der Waals surface area contributed by atoms with Crippen LogP contribution in [0.25, 0.3) is 16.8 Å². The Labute approximate surface area is 149 Å². The number of halogens is 1. The molecule has 130 valence electrons. The summed E-state index contributed by atoms with van der Waals surface area (Å²) in [4.78, 5) is 13.1. The third kappa shape index (κ3) is 2.25. The van der Waals surface area contributed by atoms with Gasteiger partial charge in [-0.25, -0.2) is 4.39 Å². The number of hydrogen-bond acceptors (Lipinski definition) is 3. The van der Waals surface area contributed by atoms with Gasteiger partial charge in [0.25, 0.3) is 0 Å². The number of para-hydroxylation sites is 1. The number of nitrogens with zero attached hydrogens (tertiary/aromatic N) is 1. The number of carbonyl (C=O) groups is 1. The van der Waals surface area contributed by atoms with Gasteiger partial charge >= 0.3 is 0 Å². The summed E-state index contributed by atoms with van der Waals surface area (Å²) in [6, 6.07) is 13.8. The molecular formula is C21H16FNO3. The van der Waals surface area contributed by atoms with E-state index in [4.69, 9.17) is 9.47 Å². The second-order valence-corrected chi connectivity index (χ2v) is 6.47. The number of rotatable bonds is 2. The van der Waals surface area contributed by atoms with Gasteiger partial charge < -0.3 is 14.0 Å². The van der Waals surface area contributed by atoms with Crippen molar-refractivity contribution in [2.75, 3.05) is 19.8 Å². The van der Waals surface area contributed by atoms with Gasteiger partial charge in [0.15, 0.2) is 0 Å². The number of benzene rings is 2. The standard InChI is InChI=1S/C21H16FNO3/c22-14-7-5-13(6-8-14)19-16(18-12-25-9-10-26-18)11-23-17-4-2-1-3-15(17)21(24)20(19)23/h1-8,11,18H,9-10,12H2. The van der Waals surface area contributed by atoms with Gasteiger partial charge in [0.2, 0.25) is 5.78 Å². The minimum Gasteiger partial charge on any atom is -0.376 e. The summed E-state index contributed by atoms with van der Waals surface area (Å²) >= 11 is 0. The second-order valence-electron chi connectivity index (χ2n) is 6.47. The number of fused-ring (bicyclic) bond motifs is 3. The van der Waals surface area contributed by atoms with Crippen LogP contribution in [0, 0.1) is 5.82 Å². The average molecular weight is 349 g/mol. The van der Waals surface area contributed by atoms with Gasteiger partial charge in [-0.2, -0.15) is 0 Å². The maximum Gasteiger partial charge on any atom is 0.212 e. The molecule has 0 bridgehead atoms. The topological polar surface area (TPSA) is 40.5 Å². The second kappa shape index (κ2) is 5.90. The van der Waals surface area contributed by atoms with Gasteiger partial charge in [-0.05, 0) is 29.8 Å². The summed E-state index contributed by atoms with van der Waals surface area (Å²) in [6.07, 6.45) is 1.71. The Morgan fingerprint density at radius 3 is 2.62 bits per heavy atom. The monoisotopic (exact) mass is 349 g/mol. The minimum atomic E-state index is -0.307. The highest BCUT2D eigenvalue weighted by Crippen LogP contribution is 2.42. The molecule has 2 aromatic carbocycles. The van der Waals surface area contributed by atoms with Crippen molar-refractivity contribution in [1.82, 2.24) is 4.57 Å². The lowest BCUT2D eigenvalue weighted by Crippen LogP contribution is -2.22. The van der Waals surface area contributed by atoms with Crippen molar-refractivity contribution in [2.45, 2.75) is 6.10 Å². The number of ketones is 1. The number of hydrogen-bond donors (Lipinski definition) is 0. The van der Waals surface area contributed by atoms with E-state index in [0.717, 1.165) is 22.4 Å². The lowest BCUT2D eigenvalue weighted by atomic mass is 9.95. The van der Waals surface area contributed by atoms with E-state index in [-0.39, 0.29) is 17.7 Å². The third-order valence-electron chi connectivity index (χ3n) is 4.95. The molecule has 2 aliphatic rings. The molecule has 0 aliphatic carbocycles. The van der Waals surface area contributed by atoms with Crippen LogP contribution in [0.4, 0.5) is 4.39 Å². The number of aromatic nitrogens is 1. The molecule has 2 aliphatic heterocycles. The molecule has 0 N–H and O–H groups in total. The highest BCUT2D eigenvalue weighted by atomic mass is 19.1. The zero-order chi connectivity index (χ0) is 17.7. The normalized spacial score (nSPS) is 18.7. The molecule has 3 aromatic rings. The molecule has 1 atom stereocenters. The molecule has 1 unspecified atom stereocenters. The van der Waals surface area contributed by atoms with E-state index >= 15 is 0 Å². The van der Waals surface area contributed by atoms with Gasteiger partial charge in [-0.3, -0.25) is 4.79 Å². The molecular weight excluding hydrogens is 333 g/mol. The first-order valence-electron chi connectivity index (χ1n) is 8.58. The highest BCUT2D eigenvalue weighted by Gasteiger charge is 2.35. The number of carbonyl (C=O) groups excluding carboxylic acids is 1. The molecule has 0 saturated carbocycles. The molecule has 5 heteroatoms. The van der Waals surface area contributed by atoms with Crippen LogP contribution >= 0.6 is 0 Å². The largest absolute Gasteiger partial charge is 0.376 e. The summed E-state index contributed by atoms with van der Waals surface area (Å²) < 4.78 is 26.8. The van der Waals surface area contributed by atoms with Gasteiger partial charge in [-0.15, -0.1) is 0 Å². The van der Waals surface area contributed by atoms with E-state index in [1.807, 2.05) is 35.0 Å². The Kier molecular flexibility index (Phi) is 3.51. The quantitative estimate of drug-likeness (QED) is 0.551. The van der Waals surface area contributed by atoms with Crippen LogP contribution < -0.4 is 0 Å². The zero-order valence-electron chi connectivity index (χ0n) is 13.9. The molecule has 0 spiro atoms. The Morgan fingerprint density at radius 2 is 1.85 bits per heavy atom. The molecule has 3 heterocycles. The van der Waals surface area contributed by atoms with Crippen molar-refractivity contribution in [1.29, 1.82) is 0 Å². The van der Waals surface area contributed by atoms with Gasteiger partial charge in [-0.1, -0.05) is 24.3 Å². The Bertz CT molecular complexity index is 1000. The molecule has 1 saturated heterocycles. The predicted octanol–water partition coefficient (Wildman–Crippen LogP) is 3.92. The maximum absolute atomic E-state index is 13.4.